The Morgan fingerprint density at radius 2 is 1.60 bits per heavy atom. The number of nitrogens with one attached hydrogen (secondary N) is 1. The van der Waals surface area contributed by atoms with Crippen LogP contribution in [0.4, 0.5) is 0 Å². The number of ether oxygens (including phenoxy) is 1. The Kier molecular flexibility index (Phi) is 12.0. The fraction of sp³-hybridized carbons (Fsp3) is 0.533. The average Bonchev–Trinajstić information content (AvgIpc) is 2.89. The van der Waals surface area contributed by atoms with Gasteiger partial charge in [0.05, 0.1) is 12.6 Å². The Morgan fingerprint density at radius 3 is 2.20 bits per heavy atom. The highest BCUT2D eigenvalue weighted by atomic mass is 16.5. The van der Waals surface area contributed by atoms with Crippen LogP contribution in [-0.2, 0) is 9.59 Å². The number of benzene rings is 2. The van der Waals surface area contributed by atoms with Crippen molar-refractivity contribution in [3.05, 3.63) is 65.7 Å². The van der Waals surface area contributed by atoms with Gasteiger partial charge in [0.15, 0.2) is 0 Å². The highest BCUT2D eigenvalue weighted by Crippen LogP contribution is 2.27. The fourth-order valence-corrected chi connectivity index (χ4v) is 4.16. The van der Waals surface area contributed by atoms with Crippen molar-refractivity contribution in [1.29, 1.82) is 0 Å². The first-order valence-corrected chi connectivity index (χ1v) is 13.1. The average molecular weight is 481 g/mol. The van der Waals surface area contributed by atoms with Crippen LogP contribution in [0.5, 0.6) is 5.75 Å². The molecule has 0 heterocycles. The Bertz CT molecular complexity index is 898. The van der Waals surface area contributed by atoms with Crippen LogP contribution in [-0.4, -0.2) is 30.9 Å². The third-order valence-corrected chi connectivity index (χ3v) is 6.98. The van der Waals surface area contributed by atoms with Crippen molar-refractivity contribution in [3.63, 3.8) is 0 Å². The van der Waals surface area contributed by atoms with E-state index < -0.39 is 6.04 Å². The van der Waals surface area contributed by atoms with Gasteiger partial charge in [-0.2, -0.15) is 0 Å². The van der Waals surface area contributed by atoms with Crippen molar-refractivity contribution in [2.24, 2.45) is 17.6 Å². The maximum atomic E-state index is 13.2. The molecule has 5 heteroatoms. The highest BCUT2D eigenvalue weighted by molar-refractivity contribution is 5.86. The van der Waals surface area contributed by atoms with Crippen molar-refractivity contribution >= 4 is 11.7 Å². The molecule has 2 aromatic rings. The van der Waals surface area contributed by atoms with E-state index in [1.54, 1.807) is 0 Å². The van der Waals surface area contributed by atoms with Crippen molar-refractivity contribution < 1.29 is 14.3 Å². The molecule has 192 valence electrons. The normalized spacial score (nSPS) is 15.5. The van der Waals surface area contributed by atoms with Crippen LogP contribution in [0.15, 0.2) is 54.6 Å². The first-order chi connectivity index (χ1) is 16.8. The number of ketones is 1. The molecule has 5 atom stereocenters. The molecule has 2 aromatic carbocycles. The third-order valence-electron chi connectivity index (χ3n) is 6.98. The second-order valence-electron chi connectivity index (χ2n) is 9.93. The Balaban J connectivity index is 2.13. The van der Waals surface area contributed by atoms with Gasteiger partial charge >= 0.3 is 0 Å². The summed E-state index contributed by atoms with van der Waals surface area (Å²) in [5, 5.41) is 3.00. The summed E-state index contributed by atoms with van der Waals surface area (Å²) in [5.41, 5.74) is 8.13. The summed E-state index contributed by atoms with van der Waals surface area (Å²) >= 11 is 0. The van der Waals surface area contributed by atoms with Crippen LogP contribution < -0.4 is 15.8 Å². The van der Waals surface area contributed by atoms with E-state index >= 15 is 0 Å². The van der Waals surface area contributed by atoms with E-state index in [1.165, 1.54) is 0 Å². The van der Waals surface area contributed by atoms with Gasteiger partial charge in [0, 0.05) is 24.8 Å². The summed E-state index contributed by atoms with van der Waals surface area (Å²) < 4.78 is 5.95. The van der Waals surface area contributed by atoms with Crippen molar-refractivity contribution in [2.45, 2.75) is 78.2 Å². The lowest BCUT2D eigenvalue weighted by Crippen LogP contribution is -2.45. The summed E-state index contributed by atoms with van der Waals surface area (Å²) in [6, 6.07) is 17.2. The lowest BCUT2D eigenvalue weighted by molar-refractivity contribution is -0.124. The van der Waals surface area contributed by atoms with Gasteiger partial charge in [-0.15, -0.1) is 0 Å². The molecule has 0 aliphatic heterocycles. The number of carbonyl (C=O) groups excluding carboxylic acids is 2. The molecule has 0 bridgehead atoms. The molecule has 1 amide bonds. The quantitative estimate of drug-likeness (QED) is 0.336. The minimum Gasteiger partial charge on any atom is -0.493 e. The summed E-state index contributed by atoms with van der Waals surface area (Å²) in [7, 11) is 0. The molecule has 0 aliphatic carbocycles. The van der Waals surface area contributed by atoms with Gasteiger partial charge in [0.2, 0.25) is 5.91 Å². The van der Waals surface area contributed by atoms with Crippen LogP contribution in [0.1, 0.15) is 83.3 Å². The lowest BCUT2D eigenvalue weighted by Gasteiger charge is -2.23. The smallest absolute Gasteiger partial charge is 0.237 e. The maximum Gasteiger partial charge on any atom is 0.237 e. The van der Waals surface area contributed by atoms with Crippen LogP contribution in [0.3, 0.4) is 0 Å². The number of amides is 1. The summed E-state index contributed by atoms with van der Waals surface area (Å²) in [6.45, 7) is 11.4. The molecule has 5 nitrogen and oxygen atoms in total. The first kappa shape index (κ1) is 28.6. The largest absolute Gasteiger partial charge is 0.493 e. The minimum absolute atomic E-state index is 0.0970. The number of hydrogen-bond donors (Lipinski definition) is 2. The van der Waals surface area contributed by atoms with Gasteiger partial charge < -0.3 is 15.8 Å². The molecule has 2 rings (SSSR count). The predicted octanol–water partition coefficient (Wildman–Crippen LogP) is 5.84. The third kappa shape index (κ3) is 9.14. The Hall–Kier alpha value is -2.66. The molecule has 35 heavy (non-hydrogen) atoms. The topological polar surface area (TPSA) is 81.4 Å². The second kappa shape index (κ2) is 14.7. The molecule has 0 radical (unpaired) electrons. The van der Waals surface area contributed by atoms with E-state index in [9.17, 15) is 9.59 Å². The zero-order valence-electron chi connectivity index (χ0n) is 22.1. The van der Waals surface area contributed by atoms with Gasteiger partial charge in [0.25, 0.3) is 0 Å². The molecular weight excluding hydrogens is 436 g/mol. The van der Waals surface area contributed by atoms with E-state index in [4.69, 9.17) is 10.5 Å². The molecule has 0 spiro atoms. The van der Waals surface area contributed by atoms with Crippen LogP contribution in [0.25, 0.3) is 0 Å². The van der Waals surface area contributed by atoms with E-state index in [1.807, 2.05) is 75.4 Å². The number of carbonyl (C=O) groups is 2. The second-order valence-corrected chi connectivity index (χ2v) is 9.93. The minimum atomic E-state index is -0.555. The molecule has 0 aliphatic rings. The van der Waals surface area contributed by atoms with Gasteiger partial charge in [-0.05, 0) is 41.5 Å². The Morgan fingerprint density at radius 1 is 0.943 bits per heavy atom. The van der Waals surface area contributed by atoms with Gasteiger partial charge in [-0.1, -0.05) is 89.9 Å². The standard InChI is InChI=1S/C30H44N2O3/c1-6-11-21(3)20-35-27-16-14-25(15-17-27)26(19-32-30(34)29(31)22(4)7-2)18-28(33)23(5)24-12-9-8-10-13-24/h8-10,12-17,21-23,26,29H,6-7,11,18-20,31H2,1-5H3,(H,32,34)/t21?,22-,23-,26-,29+/m0/s1. The SMILES string of the molecule is CCCC(C)COc1ccc([C@H](CNC(=O)[C@H](N)[C@@H](C)CC)CC(=O)[C@@H](C)c2ccccc2)cc1. The highest BCUT2D eigenvalue weighted by Gasteiger charge is 2.24. The van der Waals surface area contributed by atoms with E-state index in [0.717, 1.165) is 36.1 Å². The summed E-state index contributed by atoms with van der Waals surface area (Å²) in [5.74, 6) is 1.05. The molecule has 0 saturated carbocycles. The number of Topliss-reactive ketones (excluding diaryl/α,β-unsaturated/α-hetero) is 1. The van der Waals surface area contributed by atoms with Crippen LogP contribution >= 0.6 is 0 Å². The van der Waals surface area contributed by atoms with Crippen molar-refractivity contribution in [3.8, 4) is 5.75 Å². The Labute approximate surface area is 211 Å². The number of rotatable bonds is 15. The molecule has 0 fully saturated rings. The van der Waals surface area contributed by atoms with E-state index in [0.29, 0.717) is 25.5 Å². The van der Waals surface area contributed by atoms with Crippen molar-refractivity contribution in [2.75, 3.05) is 13.2 Å². The molecule has 1 unspecified atom stereocenters. The molecule has 3 N–H and O–H groups in total. The molecular formula is C30H44N2O3. The molecule has 0 saturated heterocycles. The molecule has 0 aromatic heterocycles. The number of nitrogens with two attached hydrogens (primary N) is 1. The van der Waals surface area contributed by atoms with Gasteiger partial charge in [-0.3, -0.25) is 9.59 Å². The fourth-order valence-electron chi connectivity index (χ4n) is 4.16. The van der Waals surface area contributed by atoms with Crippen LogP contribution in [0, 0.1) is 11.8 Å². The number of hydrogen-bond acceptors (Lipinski definition) is 4. The first-order valence-electron chi connectivity index (χ1n) is 13.1. The van der Waals surface area contributed by atoms with Crippen LogP contribution in [0.2, 0.25) is 0 Å². The summed E-state index contributed by atoms with van der Waals surface area (Å²) in [6.07, 6.45) is 3.46. The van der Waals surface area contributed by atoms with Gasteiger partial charge in [-0.25, -0.2) is 0 Å². The van der Waals surface area contributed by atoms with E-state index in [2.05, 4.69) is 19.2 Å². The maximum absolute atomic E-state index is 13.2. The monoisotopic (exact) mass is 480 g/mol. The zero-order valence-corrected chi connectivity index (χ0v) is 22.1. The predicted molar refractivity (Wildman–Crippen MR) is 144 cm³/mol. The van der Waals surface area contributed by atoms with Gasteiger partial charge in [0.1, 0.15) is 11.5 Å². The van der Waals surface area contributed by atoms with Crippen molar-refractivity contribution in [1.82, 2.24) is 5.32 Å². The van der Waals surface area contributed by atoms with E-state index in [-0.39, 0.29) is 29.4 Å². The lowest BCUT2D eigenvalue weighted by atomic mass is 9.87. The summed E-state index contributed by atoms with van der Waals surface area (Å²) in [4.78, 5) is 25.8. The zero-order chi connectivity index (χ0) is 25.8.